The summed E-state index contributed by atoms with van der Waals surface area (Å²) in [5.74, 6) is 1.11. The molecule has 1 aromatic rings. The molecule has 4 heteroatoms. The molecule has 0 unspecified atom stereocenters. The highest BCUT2D eigenvalue weighted by atomic mass is 32.1. The van der Waals surface area contributed by atoms with Gasteiger partial charge in [-0.25, -0.2) is 4.98 Å². The first-order valence-corrected chi connectivity index (χ1v) is 7.14. The molecule has 1 heterocycles. The minimum Gasteiger partial charge on any atom is -0.396 e. The number of rotatable bonds is 5. The van der Waals surface area contributed by atoms with Crippen molar-refractivity contribution in [2.45, 2.75) is 37.8 Å². The minimum absolute atomic E-state index is 0.265. The Morgan fingerprint density at radius 1 is 1.41 bits per heavy atom. The number of aromatic nitrogens is 1. The van der Waals surface area contributed by atoms with Crippen molar-refractivity contribution >= 4 is 11.3 Å². The fourth-order valence-electron chi connectivity index (χ4n) is 2.22. The number of aliphatic hydroxyl groups is 1. The number of nitrogens with zero attached hydrogens (tertiary/aromatic N) is 1. The van der Waals surface area contributed by atoms with Gasteiger partial charge >= 0.3 is 0 Å². The molecule has 1 aromatic heterocycles. The van der Waals surface area contributed by atoms with Crippen LogP contribution in [0.4, 0.5) is 0 Å². The van der Waals surface area contributed by atoms with Crippen molar-refractivity contribution in [1.29, 1.82) is 0 Å². The summed E-state index contributed by atoms with van der Waals surface area (Å²) < 4.78 is 0. The van der Waals surface area contributed by atoms with Crippen molar-refractivity contribution in [2.75, 3.05) is 6.61 Å². The average Bonchev–Trinajstić information content (AvgIpc) is 2.93. The highest BCUT2D eigenvalue weighted by molar-refractivity contribution is 7.11. The van der Waals surface area contributed by atoms with Crippen LogP contribution < -0.4 is 5.32 Å². The fourth-order valence-corrected chi connectivity index (χ4v) is 3.25. The van der Waals surface area contributed by atoms with Crippen LogP contribution in [0.2, 0.25) is 0 Å². The largest absolute Gasteiger partial charge is 0.396 e. The zero-order valence-electron chi connectivity index (χ0n) is 9.80. The van der Waals surface area contributed by atoms with Crippen LogP contribution in [0.3, 0.4) is 0 Å². The maximum absolute atomic E-state index is 9.05. The average molecular weight is 250 g/mol. The quantitative estimate of drug-likeness (QED) is 0.786. The first kappa shape index (κ1) is 11.4. The number of nitrogens with one attached hydrogen (secondary N) is 1. The molecule has 3 nitrogen and oxygen atoms in total. The monoisotopic (exact) mass is 250 g/mol. The summed E-state index contributed by atoms with van der Waals surface area (Å²) in [5.41, 5.74) is 0. The van der Waals surface area contributed by atoms with Gasteiger partial charge in [0.05, 0.1) is 5.01 Å². The Balaban J connectivity index is 1.48. The molecule has 0 radical (unpaired) electrons. The Morgan fingerprint density at radius 2 is 2.29 bits per heavy atom. The number of hydrogen-bond acceptors (Lipinski definition) is 4. The van der Waals surface area contributed by atoms with Gasteiger partial charge in [-0.3, -0.25) is 0 Å². The van der Waals surface area contributed by atoms with E-state index in [9.17, 15) is 0 Å². The molecule has 0 bridgehead atoms. The van der Waals surface area contributed by atoms with Gasteiger partial charge in [0.1, 0.15) is 0 Å². The van der Waals surface area contributed by atoms with Gasteiger partial charge in [0.2, 0.25) is 0 Å². The van der Waals surface area contributed by atoms with Gasteiger partial charge in [-0.05, 0) is 19.3 Å². The van der Waals surface area contributed by atoms with E-state index in [1.165, 1.54) is 22.7 Å². The van der Waals surface area contributed by atoms with Gasteiger partial charge in [0.25, 0.3) is 0 Å². The zero-order valence-corrected chi connectivity index (χ0v) is 10.6. The normalized spacial score (nSPS) is 27.8. The molecule has 2 atom stereocenters. The van der Waals surface area contributed by atoms with E-state index >= 15 is 0 Å². The molecule has 92 valence electrons. The van der Waals surface area contributed by atoms with Crippen LogP contribution >= 0.6 is 11.3 Å². The maximum atomic E-state index is 9.05. The lowest BCUT2D eigenvalue weighted by molar-refractivity contribution is 0.246. The van der Waals surface area contributed by atoms with Crippen LogP contribution in [0.5, 0.6) is 0 Å². The minimum atomic E-state index is 0.265. The van der Waals surface area contributed by atoms with E-state index < -0.39 is 0 Å². The number of aliphatic hydroxyl groups excluding tert-OH is 1. The van der Waals surface area contributed by atoms with E-state index in [2.05, 4.69) is 22.5 Å². The molecular formula is C13H18N2OS. The third-order valence-electron chi connectivity index (χ3n) is 3.44. The summed E-state index contributed by atoms with van der Waals surface area (Å²) in [6, 6.07) is 0.415. The van der Waals surface area contributed by atoms with Crippen molar-refractivity contribution in [3.63, 3.8) is 0 Å². The van der Waals surface area contributed by atoms with Gasteiger partial charge in [-0.2, -0.15) is 0 Å². The summed E-state index contributed by atoms with van der Waals surface area (Å²) >= 11 is 1.85. The van der Waals surface area contributed by atoms with Crippen molar-refractivity contribution in [1.82, 2.24) is 10.3 Å². The maximum Gasteiger partial charge on any atom is 0.0959 e. The lowest BCUT2D eigenvalue weighted by Gasteiger charge is -2.11. The molecular weight excluding hydrogens is 232 g/mol. The molecule has 3 rings (SSSR count). The van der Waals surface area contributed by atoms with E-state index in [1.807, 2.05) is 17.5 Å². The fraction of sp³-hybridized carbons (Fsp3) is 0.615. The Labute approximate surface area is 106 Å². The van der Waals surface area contributed by atoms with Crippen molar-refractivity contribution in [2.24, 2.45) is 5.92 Å². The predicted octanol–water partition coefficient (Wildman–Crippen LogP) is 2.05. The summed E-state index contributed by atoms with van der Waals surface area (Å²) in [7, 11) is 0. The molecule has 0 spiro atoms. The van der Waals surface area contributed by atoms with Gasteiger partial charge < -0.3 is 10.4 Å². The first-order chi connectivity index (χ1) is 8.35. The van der Waals surface area contributed by atoms with E-state index in [0.29, 0.717) is 12.0 Å². The SMILES string of the molecule is OC[C@H]1C=C[C@@H](NCc2cnc(C3CC3)s2)C1. The van der Waals surface area contributed by atoms with Gasteiger partial charge in [-0.15, -0.1) is 11.3 Å². The van der Waals surface area contributed by atoms with E-state index in [4.69, 9.17) is 5.11 Å². The summed E-state index contributed by atoms with van der Waals surface area (Å²) in [6.45, 7) is 1.17. The molecule has 1 saturated carbocycles. The van der Waals surface area contributed by atoms with Crippen molar-refractivity contribution < 1.29 is 5.11 Å². The molecule has 0 saturated heterocycles. The van der Waals surface area contributed by atoms with Gasteiger partial charge in [0, 0.05) is 42.1 Å². The van der Waals surface area contributed by atoms with Crippen LogP contribution in [0, 0.1) is 5.92 Å². The van der Waals surface area contributed by atoms with Crippen LogP contribution in [0.25, 0.3) is 0 Å². The Bertz CT molecular complexity index is 411. The second-order valence-corrected chi connectivity index (χ2v) is 6.14. The van der Waals surface area contributed by atoms with Crippen molar-refractivity contribution in [3.05, 3.63) is 28.2 Å². The number of hydrogen-bond donors (Lipinski definition) is 2. The molecule has 2 N–H and O–H groups in total. The summed E-state index contributed by atoms with van der Waals surface area (Å²) in [4.78, 5) is 5.80. The molecule has 1 fully saturated rings. The van der Waals surface area contributed by atoms with Crippen LogP contribution in [-0.4, -0.2) is 22.7 Å². The molecule has 0 aliphatic heterocycles. The molecule has 2 aliphatic rings. The van der Waals surface area contributed by atoms with Gasteiger partial charge in [0.15, 0.2) is 0 Å². The van der Waals surface area contributed by atoms with Crippen LogP contribution in [-0.2, 0) is 6.54 Å². The molecule has 0 amide bonds. The number of thiazole rings is 1. The van der Waals surface area contributed by atoms with Gasteiger partial charge in [-0.1, -0.05) is 12.2 Å². The van der Waals surface area contributed by atoms with E-state index in [0.717, 1.165) is 18.9 Å². The molecule has 2 aliphatic carbocycles. The highest BCUT2D eigenvalue weighted by Gasteiger charge is 2.26. The Hall–Kier alpha value is -0.710. The zero-order chi connectivity index (χ0) is 11.7. The second-order valence-electron chi connectivity index (χ2n) is 4.99. The standard InChI is InChI=1S/C13H18N2OS/c16-8-9-1-4-11(5-9)14-6-12-7-15-13(17-12)10-2-3-10/h1,4,7,9-11,14,16H,2-3,5-6,8H2/t9-,11+/m0/s1. The molecule has 17 heavy (non-hydrogen) atoms. The first-order valence-electron chi connectivity index (χ1n) is 6.32. The summed E-state index contributed by atoms with van der Waals surface area (Å²) in [6.07, 6.45) is 9.95. The van der Waals surface area contributed by atoms with Crippen LogP contribution in [0.15, 0.2) is 18.3 Å². The highest BCUT2D eigenvalue weighted by Crippen LogP contribution is 2.41. The molecule has 0 aromatic carbocycles. The Morgan fingerprint density at radius 3 is 3.00 bits per heavy atom. The third-order valence-corrected chi connectivity index (χ3v) is 4.60. The topological polar surface area (TPSA) is 45.1 Å². The van der Waals surface area contributed by atoms with Crippen molar-refractivity contribution in [3.8, 4) is 0 Å². The predicted molar refractivity (Wildman–Crippen MR) is 69.0 cm³/mol. The lowest BCUT2D eigenvalue weighted by Crippen LogP contribution is -2.25. The van der Waals surface area contributed by atoms with Crippen LogP contribution in [0.1, 0.15) is 35.1 Å². The smallest absolute Gasteiger partial charge is 0.0959 e. The Kier molecular flexibility index (Phi) is 3.27. The second kappa shape index (κ2) is 4.88. The van der Waals surface area contributed by atoms with E-state index in [1.54, 1.807) is 0 Å². The third kappa shape index (κ3) is 2.76. The lowest BCUT2D eigenvalue weighted by atomic mass is 10.1. The summed E-state index contributed by atoms with van der Waals surface area (Å²) in [5, 5.41) is 13.9. The van der Waals surface area contributed by atoms with E-state index in [-0.39, 0.29) is 6.61 Å².